The molecule has 0 fully saturated rings. The monoisotopic (exact) mass is 209 g/mol. The van der Waals surface area contributed by atoms with Crippen LogP contribution in [0.2, 0.25) is 0 Å². The molecule has 0 aliphatic rings. The van der Waals surface area contributed by atoms with E-state index in [4.69, 9.17) is 0 Å². The van der Waals surface area contributed by atoms with Crippen molar-refractivity contribution >= 4 is 6.29 Å². The second-order valence-corrected chi connectivity index (χ2v) is 4.04. The lowest BCUT2D eigenvalue weighted by Gasteiger charge is -1.99. The topological polar surface area (TPSA) is 17.1 Å². The Labute approximate surface area is 95.0 Å². The van der Waals surface area contributed by atoms with Crippen LogP contribution in [0, 0.1) is 0 Å². The molecule has 0 heterocycles. The van der Waals surface area contributed by atoms with Gasteiger partial charge in [0.2, 0.25) is 0 Å². The lowest BCUT2D eigenvalue weighted by atomic mass is 10.1. The van der Waals surface area contributed by atoms with E-state index in [0.29, 0.717) is 6.42 Å². The minimum absolute atomic E-state index is 0.627. The van der Waals surface area contributed by atoms with Gasteiger partial charge in [-0.25, -0.2) is 0 Å². The first kappa shape index (κ1) is 14.4. The highest BCUT2D eigenvalue weighted by molar-refractivity contribution is 5.50. The van der Waals surface area contributed by atoms with E-state index in [0.717, 1.165) is 12.8 Å². The maximum Gasteiger partial charge on any atom is 0.198 e. The summed E-state index contributed by atoms with van der Waals surface area (Å²) in [6, 6.07) is 0. The van der Waals surface area contributed by atoms with E-state index >= 15 is 0 Å². The lowest BCUT2D eigenvalue weighted by Crippen LogP contribution is -1.81. The van der Waals surface area contributed by atoms with E-state index in [1.165, 1.54) is 44.9 Å². The van der Waals surface area contributed by atoms with Crippen LogP contribution in [0.25, 0.3) is 0 Å². The number of hydrogen-bond donors (Lipinski definition) is 0. The summed E-state index contributed by atoms with van der Waals surface area (Å²) in [5.74, 6) is 0. The average Bonchev–Trinajstić information content (AvgIpc) is 2.26. The summed E-state index contributed by atoms with van der Waals surface area (Å²) in [6.45, 7) is 2.17. The molecule has 0 atom stereocenters. The molecule has 0 aliphatic heterocycles. The van der Waals surface area contributed by atoms with E-state index in [2.05, 4.69) is 19.1 Å². The van der Waals surface area contributed by atoms with Gasteiger partial charge in [0, 0.05) is 6.42 Å². The summed E-state index contributed by atoms with van der Waals surface area (Å²) < 4.78 is 0. The SMILES string of the molecule is CC/C=C\CCCCCCCCC[C]=O. The molecule has 15 heavy (non-hydrogen) atoms. The first-order valence-corrected chi connectivity index (χ1v) is 6.41. The second kappa shape index (κ2) is 13.4. The summed E-state index contributed by atoms with van der Waals surface area (Å²) in [4.78, 5) is 9.93. The van der Waals surface area contributed by atoms with Crippen LogP contribution in [-0.4, -0.2) is 6.29 Å². The van der Waals surface area contributed by atoms with Gasteiger partial charge in [-0.1, -0.05) is 51.2 Å². The smallest absolute Gasteiger partial charge is 0.198 e. The molecule has 1 heteroatoms. The maximum atomic E-state index is 9.93. The molecule has 0 aromatic heterocycles. The molecule has 0 spiro atoms. The van der Waals surface area contributed by atoms with E-state index in [1.807, 2.05) is 6.29 Å². The lowest BCUT2D eigenvalue weighted by molar-refractivity contribution is 0.540. The third-order valence-electron chi connectivity index (χ3n) is 2.55. The van der Waals surface area contributed by atoms with Crippen LogP contribution in [0.1, 0.15) is 71.1 Å². The molecule has 87 valence electrons. The molecule has 0 saturated carbocycles. The van der Waals surface area contributed by atoms with Crippen molar-refractivity contribution < 1.29 is 4.79 Å². The van der Waals surface area contributed by atoms with Crippen LogP contribution >= 0.6 is 0 Å². The highest BCUT2D eigenvalue weighted by atomic mass is 16.1. The maximum absolute atomic E-state index is 9.93. The van der Waals surface area contributed by atoms with Crippen molar-refractivity contribution in [1.82, 2.24) is 0 Å². The van der Waals surface area contributed by atoms with Crippen molar-refractivity contribution in [2.24, 2.45) is 0 Å². The van der Waals surface area contributed by atoms with Crippen LogP contribution < -0.4 is 0 Å². The van der Waals surface area contributed by atoms with Crippen LogP contribution in [0.5, 0.6) is 0 Å². The standard InChI is InChI=1S/C14H25O/c1-2-3-4-5-6-7-8-9-10-11-12-13-14-15/h3-4H,2,5-13H2,1H3/b4-3-. The quantitative estimate of drug-likeness (QED) is 0.360. The summed E-state index contributed by atoms with van der Waals surface area (Å²) >= 11 is 0. The summed E-state index contributed by atoms with van der Waals surface area (Å²) in [7, 11) is 0. The molecule has 0 bridgehead atoms. The molecular weight excluding hydrogens is 184 g/mol. The fourth-order valence-corrected chi connectivity index (χ4v) is 1.63. The Bertz CT molecular complexity index is 149. The molecular formula is C14H25O. The molecule has 0 rings (SSSR count). The van der Waals surface area contributed by atoms with E-state index in [-0.39, 0.29) is 0 Å². The number of rotatable bonds is 11. The van der Waals surface area contributed by atoms with Gasteiger partial charge in [0.1, 0.15) is 0 Å². The fraction of sp³-hybridized carbons (Fsp3) is 0.786. The third-order valence-corrected chi connectivity index (χ3v) is 2.55. The molecule has 0 aromatic rings. The fourth-order valence-electron chi connectivity index (χ4n) is 1.63. The number of hydrogen-bond acceptors (Lipinski definition) is 1. The van der Waals surface area contributed by atoms with Gasteiger partial charge >= 0.3 is 0 Å². The highest BCUT2D eigenvalue weighted by Crippen LogP contribution is 2.09. The Kier molecular flexibility index (Phi) is 12.9. The van der Waals surface area contributed by atoms with Crippen molar-refractivity contribution in [2.45, 2.75) is 71.1 Å². The molecule has 0 N–H and O–H groups in total. The molecule has 0 saturated heterocycles. The predicted molar refractivity (Wildman–Crippen MR) is 66.7 cm³/mol. The molecule has 1 radical (unpaired) electrons. The average molecular weight is 209 g/mol. The van der Waals surface area contributed by atoms with E-state index in [1.54, 1.807) is 0 Å². The largest absolute Gasteiger partial charge is 0.291 e. The van der Waals surface area contributed by atoms with E-state index in [9.17, 15) is 4.79 Å². The van der Waals surface area contributed by atoms with Crippen molar-refractivity contribution in [3.63, 3.8) is 0 Å². The van der Waals surface area contributed by atoms with Crippen LogP contribution in [0.15, 0.2) is 12.2 Å². The van der Waals surface area contributed by atoms with Crippen LogP contribution in [-0.2, 0) is 4.79 Å². The van der Waals surface area contributed by atoms with Crippen LogP contribution in [0.4, 0.5) is 0 Å². The Balaban J connectivity index is 2.92. The van der Waals surface area contributed by atoms with Crippen molar-refractivity contribution in [1.29, 1.82) is 0 Å². The van der Waals surface area contributed by atoms with Gasteiger partial charge in [0.25, 0.3) is 0 Å². The normalized spacial score (nSPS) is 11.0. The molecule has 0 aromatic carbocycles. The summed E-state index contributed by atoms with van der Waals surface area (Å²) in [5, 5.41) is 0. The van der Waals surface area contributed by atoms with Crippen molar-refractivity contribution in [2.75, 3.05) is 0 Å². The first-order valence-electron chi connectivity index (χ1n) is 6.41. The zero-order valence-corrected chi connectivity index (χ0v) is 10.1. The van der Waals surface area contributed by atoms with Gasteiger partial charge in [-0.05, 0) is 25.7 Å². The summed E-state index contributed by atoms with van der Waals surface area (Å²) in [6.07, 6.45) is 18.4. The van der Waals surface area contributed by atoms with Gasteiger partial charge < -0.3 is 0 Å². The Morgan fingerprint density at radius 3 is 2.07 bits per heavy atom. The van der Waals surface area contributed by atoms with Crippen LogP contribution in [0.3, 0.4) is 0 Å². The zero-order valence-electron chi connectivity index (χ0n) is 10.1. The highest BCUT2D eigenvalue weighted by Gasteiger charge is 1.91. The molecule has 0 unspecified atom stereocenters. The minimum atomic E-state index is 0.627. The Morgan fingerprint density at radius 2 is 1.47 bits per heavy atom. The van der Waals surface area contributed by atoms with Crippen molar-refractivity contribution in [3.05, 3.63) is 12.2 Å². The van der Waals surface area contributed by atoms with Gasteiger partial charge in [-0.3, -0.25) is 4.79 Å². The van der Waals surface area contributed by atoms with E-state index < -0.39 is 0 Å². The predicted octanol–water partition coefficient (Wildman–Crippen LogP) is 4.57. The Morgan fingerprint density at radius 1 is 0.867 bits per heavy atom. The first-order chi connectivity index (χ1) is 7.41. The third kappa shape index (κ3) is 13.4. The number of unbranched alkanes of at least 4 members (excludes halogenated alkanes) is 8. The zero-order chi connectivity index (χ0) is 11.2. The number of carbonyl (C=O) groups excluding carboxylic acids is 1. The van der Waals surface area contributed by atoms with Crippen molar-refractivity contribution in [3.8, 4) is 0 Å². The van der Waals surface area contributed by atoms with Gasteiger partial charge in [-0.2, -0.15) is 0 Å². The van der Waals surface area contributed by atoms with Gasteiger partial charge in [0.15, 0.2) is 6.29 Å². The molecule has 0 amide bonds. The molecule has 0 aliphatic carbocycles. The van der Waals surface area contributed by atoms with Gasteiger partial charge in [-0.15, -0.1) is 0 Å². The second-order valence-electron chi connectivity index (χ2n) is 4.04. The minimum Gasteiger partial charge on any atom is -0.291 e. The summed E-state index contributed by atoms with van der Waals surface area (Å²) in [5.41, 5.74) is 0. The molecule has 1 nitrogen and oxygen atoms in total. The van der Waals surface area contributed by atoms with Gasteiger partial charge in [0.05, 0.1) is 0 Å². The Hall–Kier alpha value is -0.590. The number of allylic oxidation sites excluding steroid dienone is 2.